The standard InChI is InChI=1S/C10H9BrN2OS/c1-6-3-8(13-10(12-6)14-2)9-4-7(11)5-15-9/h3-5H,1-2H3. The lowest BCUT2D eigenvalue weighted by atomic mass is 10.3. The van der Waals surface area contributed by atoms with Crippen LogP contribution in [0.15, 0.2) is 22.0 Å². The van der Waals surface area contributed by atoms with Crippen molar-refractivity contribution in [2.45, 2.75) is 6.92 Å². The van der Waals surface area contributed by atoms with Crippen LogP contribution in [0.4, 0.5) is 0 Å². The van der Waals surface area contributed by atoms with E-state index in [2.05, 4.69) is 25.9 Å². The number of ether oxygens (including phenoxy) is 1. The topological polar surface area (TPSA) is 35.0 Å². The van der Waals surface area contributed by atoms with Crippen molar-refractivity contribution in [3.8, 4) is 16.6 Å². The first-order valence-electron chi connectivity index (χ1n) is 4.33. The number of nitrogens with zero attached hydrogens (tertiary/aromatic N) is 2. The lowest BCUT2D eigenvalue weighted by molar-refractivity contribution is 0.379. The molecule has 0 spiro atoms. The zero-order valence-corrected chi connectivity index (χ0v) is 10.7. The minimum absolute atomic E-state index is 0.412. The minimum Gasteiger partial charge on any atom is -0.467 e. The first-order chi connectivity index (χ1) is 7.19. The van der Waals surface area contributed by atoms with Crippen LogP contribution >= 0.6 is 27.3 Å². The summed E-state index contributed by atoms with van der Waals surface area (Å²) in [5, 5.41) is 2.03. The van der Waals surface area contributed by atoms with Crippen molar-refractivity contribution in [1.82, 2.24) is 9.97 Å². The van der Waals surface area contributed by atoms with E-state index >= 15 is 0 Å². The first kappa shape index (κ1) is 10.6. The molecule has 2 aromatic heterocycles. The Hall–Kier alpha value is -0.940. The van der Waals surface area contributed by atoms with Crippen LogP contribution in [-0.2, 0) is 0 Å². The zero-order chi connectivity index (χ0) is 10.8. The molecule has 0 saturated carbocycles. The molecule has 0 N–H and O–H groups in total. The molecule has 0 atom stereocenters. The predicted octanol–water partition coefficient (Wildman–Crippen LogP) is 3.28. The molecule has 78 valence electrons. The van der Waals surface area contributed by atoms with E-state index in [1.165, 1.54) is 0 Å². The zero-order valence-electron chi connectivity index (χ0n) is 8.32. The molecular weight excluding hydrogens is 276 g/mol. The van der Waals surface area contributed by atoms with Crippen LogP contribution < -0.4 is 4.74 Å². The lowest BCUT2D eigenvalue weighted by Crippen LogP contribution is -1.95. The van der Waals surface area contributed by atoms with Gasteiger partial charge in [0.25, 0.3) is 0 Å². The van der Waals surface area contributed by atoms with Crippen molar-refractivity contribution < 1.29 is 4.74 Å². The number of aryl methyl sites for hydroxylation is 1. The number of halogens is 1. The molecule has 2 heterocycles. The van der Waals surface area contributed by atoms with E-state index in [9.17, 15) is 0 Å². The van der Waals surface area contributed by atoms with Gasteiger partial charge in [0.15, 0.2) is 0 Å². The molecule has 3 nitrogen and oxygen atoms in total. The quantitative estimate of drug-likeness (QED) is 0.849. The maximum absolute atomic E-state index is 5.03. The van der Waals surface area contributed by atoms with Crippen molar-refractivity contribution in [2.75, 3.05) is 7.11 Å². The Morgan fingerprint density at radius 2 is 2.13 bits per heavy atom. The van der Waals surface area contributed by atoms with Crippen molar-refractivity contribution >= 4 is 27.3 Å². The molecule has 0 bridgehead atoms. The summed E-state index contributed by atoms with van der Waals surface area (Å²) >= 11 is 5.06. The fourth-order valence-corrected chi connectivity index (χ4v) is 2.59. The molecule has 0 radical (unpaired) electrons. The van der Waals surface area contributed by atoms with Crippen LogP contribution in [0.25, 0.3) is 10.6 Å². The minimum atomic E-state index is 0.412. The highest BCUT2D eigenvalue weighted by Crippen LogP contribution is 2.29. The summed E-state index contributed by atoms with van der Waals surface area (Å²) in [5.74, 6) is 0. The van der Waals surface area contributed by atoms with E-state index in [-0.39, 0.29) is 0 Å². The molecule has 0 aliphatic heterocycles. The van der Waals surface area contributed by atoms with Gasteiger partial charge in [-0.1, -0.05) is 0 Å². The SMILES string of the molecule is COc1nc(C)cc(-c2cc(Br)cs2)n1. The fraction of sp³-hybridized carbons (Fsp3) is 0.200. The van der Waals surface area contributed by atoms with Crippen LogP contribution in [0, 0.1) is 6.92 Å². The van der Waals surface area contributed by atoms with Gasteiger partial charge in [-0.25, -0.2) is 4.98 Å². The Morgan fingerprint density at radius 1 is 1.33 bits per heavy atom. The Labute approximate surface area is 100 Å². The number of hydrogen-bond acceptors (Lipinski definition) is 4. The monoisotopic (exact) mass is 284 g/mol. The van der Waals surface area contributed by atoms with Gasteiger partial charge in [0.2, 0.25) is 0 Å². The van der Waals surface area contributed by atoms with E-state index in [0.717, 1.165) is 20.7 Å². The van der Waals surface area contributed by atoms with E-state index in [4.69, 9.17) is 4.74 Å². The maximum Gasteiger partial charge on any atom is 0.316 e. The van der Waals surface area contributed by atoms with Gasteiger partial charge < -0.3 is 4.74 Å². The Morgan fingerprint density at radius 3 is 2.73 bits per heavy atom. The highest BCUT2D eigenvalue weighted by atomic mass is 79.9. The van der Waals surface area contributed by atoms with Crippen molar-refractivity contribution in [3.63, 3.8) is 0 Å². The molecule has 2 aromatic rings. The van der Waals surface area contributed by atoms with E-state index in [0.29, 0.717) is 6.01 Å². The van der Waals surface area contributed by atoms with E-state index < -0.39 is 0 Å². The molecule has 0 unspecified atom stereocenters. The molecular formula is C10H9BrN2OS. The summed E-state index contributed by atoms with van der Waals surface area (Å²) in [7, 11) is 1.57. The number of rotatable bonds is 2. The summed E-state index contributed by atoms with van der Waals surface area (Å²) in [6.07, 6.45) is 0. The predicted molar refractivity (Wildman–Crippen MR) is 64.3 cm³/mol. The summed E-state index contributed by atoms with van der Waals surface area (Å²) in [6, 6.07) is 4.39. The van der Waals surface area contributed by atoms with Crippen molar-refractivity contribution in [1.29, 1.82) is 0 Å². The third kappa shape index (κ3) is 2.35. The number of hydrogen-bond donors (Lipinski definition) is 0. The van der Waals surface area contributed by atoms with E-state index in [1.54, 1.807) is 18.4 Å². The average Bonchev–Trinajstić information content (AvgIpc) is 2.64. The molecule has 0 aliphatic carbocycles. The number of aromatic nitrogens is 2. The Balaban J connectivity index is 2.48. The van der Waals surface area contributed by atoms with Crippen LogP contribution in [0.1, 0.15) is 5.69 Å². The summed E-state index contributed by atoms with van der Waals surface area (Å²) in [5.41, 5.74) is 1.80. The number of thiophene rings is 1. The molecule has 0 aromatic carbocycles. The van der Waals surface area contributed by atoms with Crippen molar-refractivity contribution in [3.05, 3.63) is 27.7 Å². The first-order valence-corrected chi connectivity index (χ1v) is 6.00. The van der Waals surface area contributed by atoms with Gasteiger partial charge in [-0.2, -0.15) is 4.98 Å². The number of methoxy groups -OCH3 is 1. The Bertz CT molecular complexity index is 484. The molecule has 0 fully saturated rings. The average molecular weight is 285 g/mol. The molecule has 15 heavy (non-hydrogen) atoms. The van der Waals surface area contributed by atoms with Gasteiger partial charge in [-0.3, -0.25) is 0 Å². The van der Waals surface area contributed by atoms with Gasteiger partial charge in [0.05, 0.1) is 17.7 Å². The third-order valence-electron chi connectivity index (χ3n) is 1.84. The molecule has 0 saturated heterocycles. The fourth-order valence-electron chi connectivity index (χ4n) is 1.21. The van der Waals surface area contributed by atoms with Crippen LogP contribution in [0.2, 0.25) is 0 Å². The van der Waals surface area contributed by atoms with Gasteiger partial charge in [0, 0.05) is 15.5 Å². The Kier molecular flexibility index (Phi) is 3.02. The second-order valence-corrected chi connectivity index (χ2v) is 4.84. The highest BCUT2D eigenvalue weighted by Gasteiger charge is 2.06. The molecule has 0 aliphatic rings. The summed E-state index contributed by atoms with van der Waals surface area (Å²) < 4.78 is 6.10. The second-order valence-electron chi connectivity index (χ2n) is 3.01. The van der Waals surface area contributed by atoms with Crippen LogP contribution in [0.5, 0.6) is 6.01 Å². The summed E-state index contributed by atoms with van der Waals surface area (Å²) in [6.45, 7) is 1.93. The smallest absolute Gasteiger partial charge is 0.316 e. The maximum atomic E-state index is 5.03. The highest BCUT2D eigenvalue weighted by molar-refractivity contribution is 9.10. The largest absolute Gasteiger partial charge is 0.467 e. The van der Waals surface area contributed by atoms with Crippen LogP contribution in [0.3, 0.4) is 0 Å². The van der Waals surface area contributed by atoms with Crippen LogP contribution in [-0.4, -0.2) is 17.1 Å². The summed E-state index contributed by atoms with van der Waals surface area (Å²) in [4.78, 5) is 9.54. The molecule has 2 rings (SSSR count). The normalized spacial score (nSPS) is 10.3. The molecule has 5 heteroatoms. The lowest BCUT2D eigenvalue weighted by Gasteiger charge is -2.02. The van der Waals surface area contributed by atoms with Gasteiger partial charge in [0.1, 0.15) is 0 Å². The van der Waals surface area contributed by atoms with Crippen molar-refractivity contribution in [2.24, 2.45) is 0 Å². The van der Waals surface area contributed by atoms with Gasteiger partial charge in [-0.15, -0.1) is 11.3 Å². The van der Waals surface area contributed by atoms with Gasteiger partial charge >= 0.3 is 6.01 Å². The van der Waals surface area contributed by atoms with Gasteiger partial charge in [-0.05, 0) is 35.0 Å². The second kappa shape index (κ2) is 4.28. The van der Waals surface area contributed by atoms with E-state index in [1.807, 2.05) is 24.4 Å². The molecule has 0 amide bonds. The third-order valence-corrected chi connectivity index (χ3v) is 3.55.